The number of hydrogen-bond acceptors (Lipinski definition) is 5. The van der Waals surface area contributed by atoms with Crippen LogP contribution in [0.3, 0.4) is 0 Å². The summed E-state index contributed by atoms with van der Waals surface area (Å²) in [6.07, 6.45) is 0. The van der Waals surface area contributed by atoms with Crippen LogP contribution in [0, 0.1) is 12.3 Å². The molecule has 0 aliphatic rings. The van der Waals surface area contributed by atoms with Crippen LogP contribution in [0.15, 0.2) is 53.6 Å². The number of aromatic nitrogens is 1. The summed E-state index contributed by atoms with van der Waals surface area (Å²) in [5.41, 5.74) is 12.5. The summed E-state index contributed by atoms with van der Waals surface area (Å²) in [6.45, 7) is 3.79. The molecule has 0 atom stereocenters. The van der Waals surface area contributed by atoms with E-state index in [-0.39, 0.29) is 11.7 Å². The molecule has 1 heterocycles. The number of nitrogens with zero attached hydrogens (tertiary/aromatic N) is 2. The first kappa shape index (κ1) is 17.6. The average molecular weight is 365 g/mol. The molecule has 0 bridgehead atoms. The second-order valence-electron chi connectivity index (χ2n) is 5.78. The van der Waals surface area contributed by atoms with Crippen molar-refractivity contribution in [2.45, 2.75) is 13.8 Å². The van der Waals surface area contributed by atoms with Gasteiger partial charge in [0.2, 0.25) is 5.96 Å². The van der Waals surface area contributed by atoms with Gasteiger partial charge in [0.25, 0.3) is 0 Å². The Morgan fingerprint density at radius 1 is 1.08 bits per heavy atom. The normalized spacial score (nSPS) is 11.4. The van der Waals surface area contributed by atoms with Gasteiger partial charge in [0.05, 0.1) is 16.3 Å². The highest BCUT2D eigenvalue weighted by Gasteiger charge is 2.12. The first-order valence-corrected chi connectivity index (χ1v) is 8.77. The van der Waals surface area contributed by atoms with Crippen LogP contribution in [0.4, 0.5) is 0 Å². The van der Waals surface area contributed by atoms with Gasteiger partial charge in [0.15, 0.2) is 0 Å². The van der Waals surface area contributed by atoms with Gasteiger partial charge in [-0.2, -0.15) is 5.10 Å². The van der Waals surface area contributed by atoms with Crippen molar-refractivity contribution in [1.82, 2.24) is 10.4 Å². The summed E-state index contributed by atoms with van der Waals surface area (Å²) in [5, 5.41) is 21.6. The molecular weight excluding hydrogens is 346 g/mol. The Bertz CT molecular complexity index is 959. The molecule has 26 heavy (non-hydrogen) atoms. The number of nitrogens with one attached hydrogen (secondary N) is 2. The molecule has 1 aromatic heterocycles. The van der Waals surface area contributed by atoms with E-state index in [0.717, 1.165) is 38.0 Å². The lowest BCUT2D eigenvalue weighted by Gasteiger charge is -2.03. The van der Waals surface area contributed by atoms with Crippen LogP contribution < -0.4 is 11.2 Å². The van der Waals surface area contributed by atoms with Gasteiger partial charge in [-0.05, 0) is 37.1 Å². The summed E-state index contributed by atoms with van der Waals surface area (Å²) in [5.74, 6) is 0.0593. The van der Waals surface area contributed by atoms with E-state index in [1.54, 1.807) is 23.5 Å². The Morgan fingerprint density at radius 2 is 1.62 bits per heavy atom. The van der Waals surface area contributed by atoms with Crippen LogP contribution in [0.1, 0.15) is 17.5 Å². The Balaban J connectivity index is 1.86. The molecule has 2 aromatic carbocycles. The van der Waals surface area contributed by atoms with E-state index >= 15 is 0 Å². The maximum Gasteiger partial charge on any atom is 0.206 e. The fourth-order valence-corrected chi connectivity index (χ4v) is 3.53. The molecule has 0 fully saturated rings. The fraction of sp³-hybridized carbons (Fsp3) is 0.105. The zero-order valence-corrected chi connectivity index (χ0v) is 15.3. The fourth-order valence-electron chi connectivity index (χ4n) is 2.51. The summed E-state index contributed by atoms with van der Waals surface area (Å²) in [4.78, 5) is 5.59. The summed E-state index contributed by atoms with van der Waals surface area (Å²) >= 11 is 1.55. The number of rotatable bonds is 4. The third-order valence-electron chi connectivity index (χ3n) is 3.80. The van der Waals surface area contributed by atoms with Gasteiger partial charge in [-0.3, -0.25) is 5.41 Å². The monoisotopic (exact) mass is 365 g/mol. The van der Waals surface area contributed by atoms with Crippen molar-refractivity contribution in [2.24, 2.45) is 10.8 Å². The number of phenolic OH excluding ortho intramolecular Hbond substituents is 1. The van der Waals surface area contributed by atoms with Gasteiger partial charge in [0, 0.05) is 5.56 Å². The van der Waals surface area contributed by atoms with Crippen LogP contribution in [-0.4, -0.2) is 21.8 Å². The Hall–Kier alpha value is -3.19. The zero-order chi connectivity index (χ0) is 18.7. The first-order chi connectivity index (χ1) is 12.4. The molecule has 3 rings (SSSR count). The number of phenols is 1. The van der Waals surface area contributed by atoms with Crippen LogP contribution in [-0.2, 0) is 0 Å². The van der Waals surface area contributed by atoms with Gasteiger partial charge >= 0.3 is 0 Å². The highest BCUT2D eigenvalue weighted by molar-refractivity contribution is 7.17. The van der Waals surface area contributed by atoms with Gasteiger partial charge in [-0.15, -0.1) is 11.3 Å². The van der Waals surface area contributed by atoms with Gasteiger partial charge in [0.1, 0.15) is 10.8 Å². The van der Waals surface area contributed by atoms with E-state index in [4.69, 9.17) is 11.1 Å². The Kier molecular flexibility index (Phi) is 4.99. The second kappa shape index (κ2) is 7.37. The number of hydrazone groups is 1. The maximum atomic E-state index is 9.40. The van der Waals surface area contributed by atoms with Crippen molar-refractivity contribution in [3.63, 3.8) is 0 Å². The van der Waals surface area contributed by atoms with Crippen molar-refractivity contribution in [1.29, 1.82) is 5.41 Å². The molecule has 0 aliphatic carbocycles. The lowest BCUT2D eigenvalue weighted by molar-refractivity contribution is 0.475. The second-order valence-corrected chi connectivity index (χ2v) is 6.78. The predicted molar refractivity (Wildman–Crippen MR) is 107 cm³/mol. The van der Waals surface area contributed by atoms with Crippen LogP contribution in [0.2, 0.25) is 0 Å². The topological polar surface area (TPSA) is 107 Å². The highest BCUT2D eigenvalue weighted by atomic mass is 32.1. The van der Waals surface area contributed by atoms with E-state index < -0.39 is 0 Å². The van der Waals surface area contributed by atoms with E-state index in [9.17, 15) is 5.11 Å². The molecule has 0 saturated carbocycles. The number of aromatic hydroxyl groups is 1. The number of hydrogen-bond donors (Lipinski definition) is 4. The van der Waals surface area contributed by atoms with Crippen molar-refractivity contribution in [3.8, 4) is 27.4 Å². The Labute approximate surface area is 155 Å². The Morgan fingerprint density at radius 3 is 2.19 bits per heavy atom. The minimum atomic E-state index is -0.198. The standard InChI is InChI=1S/C19H19N5OS/c1-11-17(12(2)23-24-19(20)21)26-18(22-11)15-5-3-13(4-6-15)14-7-9-16(25)10-8-14/h3-10,25H,1-2H3,(H4,20,21,24)/b23-12-. The molecule has 0 aliphatic heterocycles. The molecular formula is C19H19N5OS. The van der Waals surface area contributed by atoms with E-state index in [2.05, 4.69) is 15.5 Å². The molecule has 3 aromatic rings. The van der Waals surface area contributed by atoms with E-state index in [1.165, 1.54) is 0 Å². The van der Waals surface area contributed by atoms with Crippen LogP contribution in [0.25, 0.3) is 21.7 Å². The SMILES string of the molecule is C/C(=N/NC(=N)N)c1sc(-c2ccc(-c3ccc(O)cc3)cc2)nc1C. The average Bonchev–Trinajstić information content (AvgIpc) is 3.02. The zero-order valence-electron chi connectivity index (χ0n) is 14.4. The number of benzene rings is 2. The molecule has 0 spiro atoms. The molecule has 0 saturated heterocycles. The van der Waals surface area contributed by atoms with Crippen molar-refractivity contribution in [3.05, 3.63) is 59.1 Å². The molecule has 5 N–H and O–H groups in total. The van der Waals surface area contributed by atoms with Crippen LogP contribution >= 0.6 is 11.3 Å². The van der Waals surface area contributed by atoms with Crippen molar-refractivity contribution < 1.29 is 5.11 Å². The molecule has 132 valence electrons. The van der Waals surface area contributed by atoms with Crippen LogP contribution in [0.5, 0.6) is 5.75 Å². The smallest absolute Gasteiger partial charge is 0.206 e. The van der Waals surface area contributed by atoms with E-state index in [0.29, 0.717) is 0 Å². The first-order valence-electron chi connectivity index (χ1n) is 7.96. The van der Waals surface area contributed by atoms with Gasteiger partial charge in [-0.1, -0.05) is 36.4 Å². The lowest BCUT2D eigenvalue weighted by Crippen LogP contribution is -2.26. The largest absolute Gasteiger partial charge is 0.508 e. The lowest BCUT2D eigenvalue weighted by atomic mass is 10.0. The number of aryl methyl sites for hydroxylation is 1. The van der Waals surface area contributed by atoms with Gasteiger partial charge < -0.3 is 10.8 Å². The predicted octanol–water partition coefficient (Wildman–Crippen LogP) is 3.70. The molecule has 0 unspecified atom stereocenters. The summed E-state index contributed by atoms with van der Waals surface area (Å²) in [6, 6.07) is 15.3. The number of nitrogens with two attached hydrogens (primary N) is 1. The maximum absolute atomic E-state index is 9.40. The number of guanidine groups is 1. The molecule has 0 amide bonds. The summed E-state index contributed by atoms with van der Waals surface area (Å²) in [7, 11) is 0. The quantitative estimate of drug-likeness (QED) is 0.321. The molecule has 7 heteroatoms. The van der Waals surface area contributed by atoms with Crippen molar-refractivity contribution >= 4 is 23.0 Å². The van der Waals surface area contributed by atoms with E-state index in [1.807, 2.05) is 50.2 Å². The highest BCUT2D eigenvalue weighted by Crippen LogP contribution is 2.30. The van der Waals surface area contributed by atoms with Gasteiger partial charge in [-0.25, -0.2) is 10.4 Å². The van der Waals surface area contributed by atoms with Crippen molar-refractivity contribution in [2.75, 3.05) is 0 Å². The number of thiazole rings is 1. The minimum absolute atomic E-state index is 0.198. The third kappa shape index (κ3) is 3.89. The summed E-state index contributed by atoms with van der Waals surface area (Å²) < 4.78 is 0. The molecule has 0 radical (unpaired) electrons. The minimum Gasteiger partial charge on any atom is -0.508 e. The third-order valence-corrected chi connectivity index (χ3v) is 5.12. The molecule has 6 nitrogen and oxygen atoms in total.